The van der Waals surface area contributed by atoms with Gasteiger partial charge in [-0.25, -0.2) is 4.39 Å². The van der Waals surface area contributed by atoms with Crippen molar-refractivity contribution in [2.45, 2.75) is 31.7 Å². The van der Waals surface area contributed by atoms with Gasteiger partial charge in [-0.3, -0.25) is 10.1 Å². The largest absolute Gasteiger partial charge is 0.487 e. The average molecular weight is 292 g/mol. The molecular formula is C12H12ClF2NO3. The van der Waals surface area contributed by atoms with E-state index in [4.69, 9.17) is 16.3 Å². The van der Waals surface area contributed by atoms with Crippen LogP contribution in [0.25, 0.3) is 0 Å². The van der Waals surface area contributed by atoms with Crippen LogP contribution < -0.4 is 4.74 Å². The van der Waals surface area contributed by atoms with Crippen molar-refractivity contribution in [2.75, 3.05) is 0 Å². The van der Waals surface area contributed by atoms with Gasteiger partial charge >= 0.3 is 5.69 Å². The highest BCUT2D eigenvalue weighted by Crippen LogP contribution is 2.46. The van der Waals surface area contributed by atoms with Crippen LogP contribution in [-0.2, 0) is 0 Å². The fourth-order valence-corrected chi connectivity index (χ4v) is 2.24. The Morgan fingerprint density at radius 3 is 2.53 bits per heavy atom. The SMILES string of the molecule is CC1(C)C(Cl)CC1Oc1cc(F)c([N+](=O)[O-])cc1F. The molecule has 0 amide bonds. The van der Waals surface area contributed by atoms with E-state index in [-0.39, 0.29) is 22.6 Å². The van der Waals surface area contributed by atoms with Crippen LogP contribution in [0.3, 0.4) is 0 Å². The Kier molecular flexibility index (Phi) is 3.38. The van der Waals surface area contributed by atoms with Crippen LogP contribution in [0.1, 0.15) is 20.3 Å². The Balaban J connectivity index is 2.23. The minimum Gasteiger partial charge on any atom is -0.487 e. The fourth-order valence-electron chi connectivity index (χ4n) is 1.94. The molecule has 0 radical (unpaired) electrons. The molecule has 0 saturated heterocycles. The Morgan fingerprint density at radius 1 is 1.42 bits per heavy atom. The van der Waals surface area contributed by atoms with Gasteiger partial charge in [0.15, 0.2) is 11.6 Å². The number of alkyl halides is 1. The third-order valence-corrected chi connectivity index (χ3v) is 4.27. The van der Waals surface area contributed by atoms with Gasteiger partial charge in [0.25, 0.3) is 0 Å². The molecule has 2 unspecified atom stereocenters. The van der Waals surface area contributed by atoms with Gasteiger partial charge in [0, 0.05) is 23.3 Å². The van der Waals surface area contributed by atoms with Crippen molar-refractivity contribution < 1.29 is 18.4 Å². The summed E-state index contributed by atoms with van der Waals surface area (Å²) in [7, 11) is 0. The molecule has 1 aliphatic carbocycles. The molecule has 4 nitrogen and oxygen atoms in total. The van der Waals surface area contributed by atoms with Crippen molar-refractivity contribution in [1.82, 2.24) is 0 Å². The first-order valence-corrected chi connectivity index (χ1v) is 6.11. The highest BCUT2D eigenvalue weighted by molar-refractivity contribution is 6.21. The Hall–Kier alpha value is -1.43. The normalized spacial score (nSPS) is 24.7. The smallest absolute Gasteiger partial charge is 0.307 e. The van der Waals surface area contributed by atoms with Crippen LogP contribution >= 0.6 is 11.6 Å². The van der Waals surface area contributed by atoms with E-state index in [1.54, 1.807) is 0 Å². The summed E-state index contributed by atoms with van der Waals surface area (Å²) in [5, 5.41) is 10.4. The van der Waals surface area contributed by atoms with Gasteiger partial charge in [-0.15, -0.1) is 11.6 Å². The Morgan fingerprint density at radius 2 is 2.05 bits per heavy atom. The number of ether oxygens (including phenoxy) is 1. The van der Waals surface area contributed by atoms with Crippen molar-refractivity contribution in [3.63, 3.8) is 0 Å². The predicted octanol–water partition coefficient (Wildman–Crippen LogP) is 3.66. The van der Waals surface area contributed by atoms with Crippen LogP contribution in [0, 0.1) is 27.2 Å². The zero-order chi connectivity index (χ0) is 14.4. The topological polar surface area (TPSA) is 52.4 Å². The van der Waals surface area contributed by atoms with Gasteiger partial charge < -0.3 is 4.74 Å². The summed E-state index contributed by atoms with van der Waals surface area (Å²) >= 11 is 6.00. The second kappa shape index (κ2) is 4.59. The second-order valence-electron chi connectivity index (χ2n) is 5.12. The van der Waals surface area contributed by atoms with Crippen LogP contribution in [-0.4, -0.2) is 16.4 Å². The maximum atomic E-state index is 13.6. The maximum Gasteiger partial charge on any atom is 0.307 e. The first kappa shape index (κ1) is 14.0. The second-order valence-corrected chi connectivity index (χ2v) is 5.65. The zero-order valence-electron chi connectivity index (χ0n) is 10.3. The van der Waals surface area contributed by atoms with Gasteiger partial charge in [-0.2, -0.15) is 4.39 Å². The molecule has 1 aliphatic rings. The molecule has 0 aromatic heterocycles. The number of hydrogen-bond acceptors (Lipinski definition) is 3. The van der Waals surface area contributed by atoms with E-state index in [0.717, 1.165) is 0 Å². The molecule has 2 atom stereocenters. The van der Waals surface area contributed by atoms with Crippen molar-refractivity contribution in [3.8, 4) is 5.75 Å². The molecule has 1 aromatic carbocycles. The standard InChI is InChI=1S/C12H12ClF2NO3/c1-12(2)10(13)5-11(12)19-9-4-6(14)8(16(17)18)3-7(9)15/h3-4,10-11H,5H2,1-2H3. The number of halogens is 3. The average Bonchev–Trinajstić information content (AvgIpc) is 2.32. The molecule has 1 aromatic rings. The van der Waals surface area contributed by atoms with E-state index in [9.17, 15) is 18.9 Å². The summed E-state index contributed by atoms with van der Waals surface area (Å²) < 4.78 is 32.4. The number of rotatable bonds is 3. The van der Waals surface area contributed by atoms with Crippen molar-refractivity contribution in [2.24, 2.45) is 5.41 Å². The molecule has 19 heavy (non-hydrogen) atoms. The monoisotopic (exact) mass is 291 g/mol. The fraction of sp³-hybridized carbons (Fsp3) is 0.500. The molecule has 0 heterocycles. The lowest BCUT2D eigenvalue weighted by atomic mass is 9.68. The molecule has 0 N–H and O–H groups in total. The number of nitro benzene ring substituents is 1. The van der Waals surface area contributed by atoms with Crippen molar-refractivity contribution in [3.05, 3.63) is 33.9 Å². The van der Waals surface area contributed by atoms with E-state index < -0.39 is 22.2 Å². The summed E-state index contributed by atoms with van der Waals surface area (Å²) in [4.78, 5) is 9.48. The van der Waals surface area contributed by atoms with Crippen LogP contribution in [0.5, 0.6) is 5.75 Å². The van der Waals surface area contributed by atoms with Gasteiger partial charge in [-0.1, -0.05) is 13.8 Å². The van der Waals surface area contributed by atoms with E-state index in [0.29, 0.717) is 18.6 Å². The van der Waals surface area contributed by atoms with Crippen LogP contribution in [0.4, 0.5) is 14.5 Å². The van der Waals surface area contributed by atoms with Crippen LogP contribution in [0.15, 0.2) is 12.1 Å². The lowest BCUT2D eigenvalue weighted by Crippen LogP contribution is -2.53. The molecule has 104 valence electrons. The molecular weight excluding hydrogens is 280 g/mol. The molecule has 0 aliphatic heterocycles. The van der Waals surface area contributed by atoms with E-state index in [1.807, 2.05) is 13.8 Å². The van der Waals surface area contributed by atoms with Gasteiger partial charge in [0.2, 0.25) is 5.82 Å². The first-order valence-electron chi connectivity index (χ1n) is 5.67. The van der Waals surface area contributed by atoms with Crippen molar-refractivity contribution >= 4 is 17.3 Å². The quantitative estimate of drug-likeness (QED) is 0.485. The zero-order valence-corrected chi connectivity index (χ0v) is 11.1. The first-order chi connectivity index (χ1) is 8.73. The summed E-state index contributed by atoms with van der Waals surface area (Å²) in [6.07, 6.45) is 0.178. The number of benzene rings is 1. The molecule has 0 bridgehead atoms. The van der Waals surface area contributed by atoms with Crippen molar-refractivity contribution in [1.29, 1.82) is 0 Å². The minimum atomic E-state index is -1.12. The van der Waals surface area contributed by atoms with Gasteiger partial charge in [0.1, 0.15) is 6.10 Å². The third-order valence-electron chi connectivity index (χ3n) is 3.53. The summed E-state index contributed by atoms with van der Waals surface area (Å²) in [6.45, 7) is 3.72. The van der Waals surface area contributed by atoms with Gasteiger partial charge in [-0.05, 0) is 0 Å². The predicted molar refractivity (Wildman–Crippen MR) is 65.5 cm³/mol. The Bertz CT molecular complexity index is 536. The number of hydrogen-bond donors (Lipinski definition) is 0. The molecule has 2 rings (SSSR count). The third kappa shape index (κ3) is 2.36. The molecule has 7 heteroatoms. The lowest BCUT2D eigenvalue weighted by molar-refractivity contribution is -0.387. The highest BCUT2D eigenvalue weighted by Gasteiger charge is 2.49. The molecule has 0 spiro atoms. The Labute approximate surface area is 113 Å². The number of nitrogens with zero attached hydrogens (tertiary/aromatic N) is 1. The van der Waals surface area contributed by atoms with Gasteiger partial charge in [0.05, 0.1) is 11.0 Å². The summed E-state index contributed by atoms with van der Waals surface area (Å²) in [6, 6.07) is 1.22. The highest BCUT2D eigenvalue weighted by atomic mass is 35.5. The molecule has 1 fully saturated rings. The minimum absolute atomic E-state index is 0.0940. The van der Waals surface area contributed by atoms with E-state index in [1.165, 1.54) is 0 Å². The summed E-state index contributed by atoms with van der Waals surface area (Å²) in [5.41, 5.74) is -1.26. The summed E-state index contributed by atoms with van der Waals surface area (Å²) in [5.74, 6) is -2.41. The maximum absolute atomic E-state index is 13.6. The lowest BCUT2D eigenvalue weighted by Gasteiger charge is -2.48. The molecule has 1 saturated carbocycles. The number of nitro groups is 1. The van der Waals surface area contributed by atoms with Crippen LogP contribution in [0.2, 0.25) is 0 Å². The van der Waals surface area contributed by atoms with E-state index in [2.05, 4.69) is 0 Å². The van der Waals surface area contributed by atoms with E-state index >= 15 is 0 Å².